The molecule has 3 atom stereocenters. The number of nitrogens with zero attached hydrogens (tertiary/aromatic N) is 1. The van der Waals surface area contributed by atoms with E-state index in [0.29, 0.717) is 18.8 Å². The fraction of sp³-hybridized carbons (Fsp3) is 0.846. The van der Waals surface area contributed by atoms with E-state index in [4.69, 9.17) is 0 Å². The van der Waals surface area contributed by atoms with E-state index < -0.39 is 29.6 Å². The van der Waals surface area contributed by atoms with Crippen LogP contribution in [0.4, 0.5) is 4.79 Å². The van der Waals surface area contributed by atoms with Crippen LogP contribution in [-0.4, -0.2) is 33.6 Å². The van der Waals surface area contributed by atoms with Crippen molar-refractivity contribution < 1.29 is 19.8 Å². The highest BCUT2D eigenvalue weighted by atomic mass is 16.4. The Bertz CT molecular complexity index is 334. The highest BCUT2D eigenvalue weighted by Crippen LogP contribution is 2.35. The molecule has 0 aromatic rings. The second kappa shape index (κ2) is 5.16. The van der Waals surface area contributed by atoms with Crippen molar-refractivity contribution in [3.05, 3.63) is 0 Å². The van der Waals surface area contributed by atoms with Gasteiger partial charge in [0, 0.05) is 11.6 Å². The summed E-state index contributed by atoms with van der Waals surface area (Å²) in [5.41, 5.74) is -0.641. The molecule has 3 unspecified atom stereocenters. The molecule has 0 saturated heterocycles. The lowest BCUT2D eigenvalue weighted by Crippen LogP contribution is -2.60. The van der Waals surface area contributed by atoms with Crippen molar-refractivity contribution in [2.75, 3.05) is 0 Å². The smallest absolute Gasteiger partial charge is 0.308 e. The minimum Gasteiger partial charge on any atom is -0.530 e. The molecule has 1 amide bonds. The molecule has 0 aromatic carbocycles. The van der Waals surface area contributed by atoms with Crippen LogP contribution in [0.1, 0.15) is 47.0 Å². The van der Waals surface area contributed by atoms with Crippen molar-refractivity contribution in [3.63, 3.8) is 0 Å². The van der Waals surface area contributed by atoms with Gasteiger partial charge in [0.25, 0.3) is 0 Å². The van der Waals surface area contributed by atoms with Crippen molar-refractivity contribution in [3.8, 4) is 0 Å². The minimum absolute atomic E-state index is 0.325. The quantitative estimate of drug-likeness (QED) is 0.808. The van der Waals surface area contributed by atoms with Crippen LogP contribution in [0.5, 0.6) is 0 Å². The molecule has 1 rings (SSSR count). The Labute approximate surface area is 108 Å². The van der Waals surface area contributed by atoms with Crippen molar-refractivity contribution >= 4 is 12.1 Å². The van der Waals surface area contributed by atoms with Crippen molar-refractivity contribution in [2.24, 2.45) is 11.8 Å². The summed E-state index contributed by atoms with van der Waals surface area (Å²) in [5, 5.41) is 20.6. The first kappa shape index (κ1) is 14.8. The van der Waals surface area contributed by atoms with Crippen LogP contribution in [-0.2, 0) is 4.79 Å². The largest absolute Gasteiger partial charge is 0.530 e. The Morgan fingerprint density at radius 1 is 1.28 bits per heavy atom. The van der Waals surface area contributed by atoms with Crippen LogP contribution in [0.25, 0.3) is 0 Å². The number of aliphatic carboxylic acids is 1. The Morgan fingerprint density at radius 3 is 2.22 bits per heavy atom. The molecule has 1 aliphatic rings. The van der Waals surface area contributed by atoms with E-state index in [1.165, 1.54) is 4.90 Å². The lowest BCUT2D eigenvalue weighted by molar-refractivity contribution is -0.275. The highest BCUT2D eigenvalue weighted by molar-refractivity contribution is 5.73. The van der Waals surface area contributed by atoms with E-state index in [2.05, 4.69) is 0 Å². The van der Waals surface area contributed by atoms with Crippen LogP contribution in [0.15, 0.2) is 0 Å². The van der Waals surface area contributed by atoms with Crippen LogP contribution in [0.2, 0.25) is 0 Å². The normalized spacial score (nSPS) is 28.8. The van der Waals surface area contributed by atoms with Gasteiger partial charge in [-0.3, -0.25) is 4.79 Å². The fourth-order valence-electron chi connectivity index (χ4n) is 2.85. The SMILES string of the molecule is CC1CCC(N(C(=O)[O-])C(C)(C)C)C(C(=O)O)C1. The van der Waals surface area contributed by atoms with E-state index in [1.807, 2.05) is 6.92 Å². The van der Waals surface area contributed by atoms with E-state index in [0.717, 1.165) is 6.42 Å². The lowest BCUT2D eigenvalue weighted by atomic mass is 9.77. The molecular weight excluding hydrogens is 234 g/mol. The average molecular weight is 256 g/mol. The molecule has 0 aliphatic heterocycles. The van der Waals surface area contributed by atoms with Crippen LogP contribution in [0, 0.1) is 11.8 Å². The summed E-state index contributed by atoms with van der Waals surface area (Å²) >= 11 is 0. The number of carbonyl (C=O) groups excluding carboxylic acids is 1. The molecule has 5 heteroatoms. The van der Waals surface area contributed by atoms with Crippen LogP contribution >= 0.6 is 0 Å². The summed E-state index contributed by atoms with van der Waals surface area (Å²) in [6.45, 7) is 7.30. The Kier molecular flexibility index (Phi) is 4.24. The lowest BCUT2D eigenvalue weighted by Gasteiger charge is -2.48. The molecule has 1 saturated carbocycles. The van der Waals surface area contributed by atoms with Gasteiger partial charge in [0.1, 0.15) is 6.09 Å². The molecule has 0 radical (unpaired) electrons. The zero-order chi connectivity index (χ0) is 14.1. The molecule has 0 spiro atoms. The number of hydrogen-bond acceptors (Lipinski definition) is 3. The summed E-state index contributed by atoms with van der Waals surface area (Å²) < 4.78 is 0. The van der Waals surface area contributed by atoms with Gasteiger partial charge in [-0.25, -0.2) is 0 Å². The van der Waals surface area contributed by atoms with Gasteiger partial charge in [-0.05, 0) is 46.0 Å². The topological polar surface area (TPSA) is 80.7 Å². The number of hydrogen-bond donors (Lipinski definition) is 1. The molecule has 5 nitrogen and oxygen atoms in total. The standard InChI is InChI=1S/C13H23NO4/c1-8-5-6-10(9(7-8)11(15)16)14(12(17)18)13(2,3)4/h8-10H,5-7H2,1-4H3,(H,15,16)(H,17,18)/p-1. The first-order chi connectivity index (χ1) is 8.14. The van der Waals surface area contributed by atoms with E-state index in [-0.39, 0.29) is 0 Å². The second-order valence-electron chi connectivity index (χ2n) is 6.24. The van der Waals surface area contributed by atoms with Gasteiger partial charge >= 0.3 is 5.97 Å². The zero-order valence-electron chi connectivity index (χ0n) is 11.5. The monoisotopic (exact) mass is 256 g/mol. The maximum Gasteiger partial charge on any atom is 0.308 e. The Morgan fingerprint density at radius 2 is 1.83 bits per heavy atom. The zero-order valence-corrected chi connectivity index (χ0v) is 11.5. The van der Waals surface area contributed by atoms with Gasteiger partial charge in [-0.1, -0.05) is 6.92 Å². The molecule has 0 aromatic heterocycles. The highest BCUT2D eigenvalue weighted by Gasteiger charge is 2.40. The third-order valence-corrected chi connectivity index (χ3v) is 3.64. The van der Waals surface area contributed by atoms with E-state index >= 15 is 0 Å². The van der Waals surface area contributed by atoms with E-state index in [9.17, 15) is 19.8 Å². The number of amides is 1. The van der Waals surface area contributed by atoms with Gasteiger partial charge in [0.05, 0.1) is 5.92 Å². The summed E-state index contributed by atoms with van der Waals surface area (Å²) in [4.78, 5) is 23.8. The Balaban J connectivity index is 3.02. The first-order valence-corrected chi connectivity index (χ1v) is 6.37. The number of carboxylic acids is 1. The molecule has 0 bridgehead atoms. The predicted octanol–water partition coefficient (Wildman–Crippen LogP) is 1.32. The molecule has 18 heavy (non-hydrogen) atoms. The first-order valence-electron chi connectivity index (χ1n) is 6.37. The van der Waals surface area contributed by atoms with Gasteiger partial charge in [-0.2, -0.15) is 0 Å². The minimum atomic E-state index is -1.28. The Hall–Kier alpha value is -1.26. The van der Waals surface area contributed by atoms with Crippen molar-refractivity contribution in [2.45, 2.75) is 58.5 Å². The maximum atomic E-state index is 11.3. The van der Waals surface area contributed by atoms with Crippen LogP contribution < -0.4 is 5.11 Å². The van der Waals surface area contributed by atoms with Gasteiger partial charge in [0.15, 0.2) is 0 Å². The number of rotatable bonds is 2. The molecule has 1 aliphatic carbocycles. The van der Waals surface area contributed by atoms with Crippen LogP contribution in [0.3, 0.4) is 0 Å². The molecular formula is C13H22NO4-. The summed E-state index contributed by atoms with van der Waals surface area (Å²) in [5.74, 6) is -1.22. The van der Waals surface area contributed by atoms with Gasteiger partial charge in [-0.15, -0.1) is 0 Å². The second-order valence-corrected chi connectivity index (χ2v) is 6.24. The number of carbonyl (C=O) groups is 2. The average Bonchev–Trinajstić information content (AvgIpc) is 2.17. The molecule has 1 N–H and O–H groups in total. The number of carboxylic acid groups (broad SMARTS) is 2. The predicted molar refractivity (Wildman–Crippen MR) is 64.9 cm³/mol. The van der Waals surface area contributed by atoms with Crippen molar-refractivity contribution in [1.82, 2.24) is 4.90 Å². The summed E-state index contributed by atoms with van der Waals surface area (Å²) in [6, 6.07) is -0.483. The molecule has 1 fully saturated rings. The third-order valence-electron chi connectivity index (χ3n) is 3.64. The molecule has 104 valence electrons. The summed E-state index contributed by atoms with van der Waals surface area (Å²) in [6.07, 6.45) is 0.686. The van der Waals surface area contributed by atoms with Gasteiger partial charge in [0.2, 0.25) is 0 Å². The van der Waals surface area contributed by atoms with Gasteiger partial charge < -0.3 is 19.9 Å². The fourth-order valence-corrected chi connectivity index (χ4v) is 2.85. The maximum absolute atomic E-state index is 11.3. The third kappa shape index (κ3) is 3.15. The van der Waals surface area contributed by atoms with Crippen molar-refractivity contribution in [1.29, 1.82) is 0 Å². The van der Waals surface area contributed by atoms with E-state index in [1.54, 1.807) is 20.8 Å². The molecule has 0 heterocycles. The summed E-state index contributed by atoms with van der Waals surface area (Å²) in [7, 11) is 0.